The molecule has 19 heavy (non-hydrogen) atoms. The molecule has 100 valence electrons. The standard InChI is InChI=1S/C15H14Cl2IN/c1-19-15(10-4-2-5-11(18)8-10)9-12-13(16)6-3-7-14(12)17/h2-8,15,19H,9H2,1H3. The second-order valence-electron chi connectivity index (χ2n) is 4.30. The van der Waals surface area contributed by atoms with Gasteiger partial charge in [-0.3, -0.25) is 0 Å². The Morgan fingerprint density at radius 1 is 1.11 bits per heavy atom. The van der Waals surface area contributed by atoms with Crippen molar-refractivity contribution in [3.05, 3.63) is 67.2 Å². The molecule has 4 heteroatoms. The Hall–Kier alpha value is -0.290. The quantitative estimate of drug-likeness (QED) is 0.697. The van der Waals surface area contributed by atoms with Gasteiger partial charge in [0.1, 0.15) is 0 Å². The molecule has 0 aromatic heterocycles. The van der Waals surface area contributed by atoms with E-state index in [2.05, 4.69) is 52.2 Å². The molecule has 0 saturated carbocycles. The summed E-state index contributed by atoms with van der Waals surface area (Å²) >= 11 is 14.8. The molecule has 1 atom stereocenters. The summed E-state index contributed by atoms with van der Waals surface area (Å²) in [5.41, 5.74) is 2.23. The van der Waals surface area contributed by atoms with Crippen LogP contribution in [0.2, 0.25) is 10.0 Å². The average Bonchev–Trinajstić information content (AvgIpc) is 2.38. The van der Waals surface area contributed by atoms with E-state index >= 15 is 0 Å². The van der Waals surface area contributed by atoms with Gasteiger partial charge in [-0.25, -0.2) is 0 Å². The smallest absolute Gasteiger partial charge is 0.0453 e. The summed E-state index contributed by atoms with van der Waals surface area (Å²) in [6.45, 7) is 0. The molecule has 0 spiro atoms. The largest absolute Gasteiger partial charge is 0.313 e. The molecule has 0 heterocycles. The van der Waals surface area contributed by atoms with Crippen molar-refractivity contribution in [3.63, 3.8) is 0 Å². The highest BCUT2D eigenvalue weighted by Crippen LogP contribution is 2.29. The van der Waals surface area contributed by atoms with Crippen LogP contribution in [0.3, 0.4) is 0 Å². The fraction of sp³-hybridized carbons (Fsp3) is 0.200. The summed E-state index contributed by atoms with van der Waals surface area (Å²) in [5, 5.41) is 4.77. The van der Waals surface area contributed by atoms with Crippen molar-refractivity contribution in [1.29, 1.82) is 0 Å². The van der Waals surface area contributed by atoms with E-state index < -0.39 is 0 Å². The van der Waals surface area contributed by atoms with Gasteiger partial charge >= 0.3 is 0 Å². The van der Waals surface area contributed by atoms with Crippen molar-refractivity contribution >= 4 is 45.8 Å². The van der Waals surface area contributed by atoms with Crippen molar-refractivity contribution < 1.29 is 0 Å². The summed E-state index contributed by atoms with van der Waals surface area (Å²) in [6.07, 6.45) is 0.773. The molecule has 0 radical (unpaired) electrons. The predicted molar refractivity (Wildman–Crippen MR) is 91.1 cm³/mol. The van der Waals surface area contributed by atoms with Gasteiger partial charge in [0.2, 0.25) is 0 Å². The molecule has 2 aromatic rings. The highest BCUT2D eigenvalue weighted by Gasteiger charge is 2.14. The van der Waals surface area contributed by atoms with Crippen LogP contribution < -0.4 is 5.32 Å². The average molecular weight is 406 g/mol. The molecule has 0 aliphatic carbocycles. The summed E-state index contributed by atoms with van der Waals surface area (Å²) < 4.78 is 1.22. The van der Waals surface area contributed by atoms with Gasteiger partial charge < -0.3 is 5.32 Å². The first-order valence-corrected chi connectivity index (χ1v) is 7.81. The highest BCUT2D eigenvalue weighted by molar-refractivity contribution is 14.1. The Labute approximate surface area is 137 Å². The first-order valence-electron chi connectivity index (χ1n) is 5.97. The van der Waals surface area contributed by atoms with Crippen molar-refractivity contribution in [1.82, 2.24) is 5.32 Å². The maximum Gasteiger partial charge on any atom is 0.0453 e. The zero-order valence-corrected chi connectivity index (χ0v) is 14.1. The molecule has 0 aliphatic rings. The third-order valence-corrected chi connectivity index (χ3v) is 4.45. The van der Waals surface area contributed by atoms with E-state index in [1.165, 1.54) is 9.13 Å². The SMILES string of the molecule is CNC(Cc1c(Cl)cccc1Cl)c1cccc(I)c1. The van der Waals surface area contributed by atoms with Crippen LogP contribution in [-0.2, 0) is 6.42 Å². The van der Waals surface area contributed by atoms with Gasteiger partial charge in [0, 0.05) is 19.7 Å². The molecular weight excluding hydrogens is 392 g/mol. The number of nitrogens with one attached hydrogen (secondary N) is 1. The molecule has 1 N–H and O–H groups in total. The minimum Gasteiger partial charge on any atom is -0.313 e. The van der Waals surface area contributed by atoms with Gasteiger partial charge in [0.05, 0.1) is 0 Å². The van der Waals surface area contributed by atoms with Crippen molar-refractivity contribution in [2.75, 3.05) is 7.05 Å². The lowest BCUT2D eigenvalue weighted by Gasteiger charge is -2.18. The molecule has 2 rings (SSSR count). The maximum atomic E-state index is 6.24. The Morgan fingerprint density at radius 3 is 2.32 bits per heavy atom. The highest BCUT2D eigenvalue weighted by atomic mass is 127. The lowest BCUT2D eigenvalue weighted by molar-refractivity contribution is 0.592. The van der Waals surface area contributed by atoms with E-state index in [0.717, 1.165) is 22.0 Å². The summed E-state index contributed by atoms with van der Waals surface area (Å²) in [4.78, 5) is 0. The van der Waals surface area contributed by atoms with Gasteiger partial charge in [-0.15, -0.1) is 0 Å². The monoisotopic (exact) mass is 405 g/mol. The molecule has 1 unspecified atom stereocenters. The van der Waals surface area contributed by atoms with Gasteiger partial charge in [0.15, 0.2) is 0 Å². The second-order valence-corrected chi connectivity index (χ2v) is 6.36. The van der Waals surface area contributed by atoms with Crippen LogP contribution in [0, 0.1) is 3.57 Å². The minimum atomic E-state index is 0.201. The van der Waals surface area contributed by atoms with Crippen LogP contribution in [-0.4, -0.2) is 7.05 Å². The molecule has 1 nitrogen and oxygen atoms in total. The van der Waals surface area contributed by atoms with Gasteiger partial charge in [-0.1, -0.05) is 41.4 Å². The van der Waals surface area contributed by atoms with Crippen molar-refractivity contribution in [3.8, 4) is 0 Å². The lowest BCUT2D eigenvalue weighted by Crippen LogP contribution is -2.19. The van der Waals surface area contributed by atoms with Crippen LogP contribution in [0.25, 0.3) is 0 Å². The zero-order valence-electron chi connectivity index (χ0n) is 10.5. The lowest BCUT2D eigenvalue weighted by atomic mass is 9.99. The predicted octanol–water partition coefficient (Wildman–Crippen LogP) is 5.10. The number of halogens is 3. The second kappa shape index (κ2) is 6.93. The number of benzene rings is 2. The summed E-state index contributed by atoms with van der Waals surface area (Å²) in [7, 11) is 1.95. The fourth-order valence-electron chi connectivity index (χ4n) is 2.04. The van der Waals surface area contributed by atoms with E-state index in [1.54, 1.807) is 0 Å². The molecular formula is C15H14Cl2IN. The fourth-order valence-corrected chi connectivity index (χ4v) is 3.16. The van der Waals surface area contributed by atoms with E-state index in [-0.39, 0.29) is 6.04 Å². The summed E-state index contributed by atoms with van der Waals surface area (Å²) in [5.74, 6) is 0. The molecule has 0 amide bonds. The number of hydrogen-bond acceptors (Lipinski definition) is 1. The van der Waals surface area contributed by atoms with E-state index in [1.807, 2.05) is 25.2 Å². The van der Waals surface area contributed by atoms with Gasteiger partial charge in [-0.05, 0) is 71.5 Å². The number of rotatable bonds is 4. The molecule has 0 saturated heterocycles. The number of hydrogen-bond donors (Lipinski definition) is 1. The topological polar surface area (TPSA) is 12.0 Å². The van der Waals surface area contributed by atoms with Gasteiger partial charge in [0.25, 0.3) is 0 Å². The number of likely N-dealkylation sites (N-methyl/N-ethyl adjacent to an activating group) is 1. The van der Waals surface area contributed by atoms with Gasteiger partial charge in [-0.2, -0.15) is 0 Å². The molecule has 0 aliphatic heterocycles. The van der Waals surface area contributed by atoms with Crippen molar-refractivity contribution in [2.45, 2.75) is 12.5 Å². The third-order valence-electron chi connectivity index (χ3n) is 3.07. The molecule has 0 fully saturated rings. The Balaban J connectivity index is 2.29. The first-order chi connectivity index (χ1) is 9.11. The first kappa shape index (κ1) is 15.1. The van der Waals surface area contributed by atoms with Crippen LogP contribution >= 0.6 is 45.8 Å². The van der Waals surface area contributed by atoms with Crippen LogP contribution in [0.4, 0.5) is 0 Å². The third kappa shape index (κ3) is 3.85. The zero-order chi connectivity index (χ0) is 13.8. The Kier molecular flexibility index (Phi) is 5.51. The molecule has 2 aromatic carbocycles. The molecule has 0 bridgehead atoms. The Morgan fingerprint density at radius 2 is 1.74 bits per heavy atom. The maximum absolute atomic E-state index is 6.24. The van der Waals surface area contributed by atoms with Crippen LogP contribution in [0.15, 0.2) is 42.5 Å². The Bertz CT molecular complexity index is 552. The normalized spacial score (nSPS) is 12.4. The van der Waals surface area contributed by atoms with E-state index in [9.17, 15) is 0 Å². The minimum absolute atomic E-state index is 0.201. The van der Waals surface area contributed by atoms with Crippen molar-refractivity contribution in [2.24, 2.45) is 0 Å². The summed E-state index contributed by atoms with van der Waals surface area (Å²) in [6, 6.07) is 14.3. The van der Waals surface area contributed by atoms with E-state index in [0.29, 0.717) is 0 Å². The van der Waals surface area contributed by atoms with E-state index in [4.69, 9.17) is 23.2 Å². The van der Waals surface area contributed by atoms with Crippen LogP contribution in [0.1, 0.15) is 17.2 Å². The van der Waals surface area contributed by atoms with Crippen LogP contribution in [0.5, 0.6) is 0 Å².